The van der Waals surface area contributed by atoms with Gasteiger partial charge in [-0.3, -0.25) is 4.99 Å². The van der Waals surface area contributed by atoms with Crippen LogP contribution in [0.1, 0.15) is 19.3 Å². The normalized spacial score (nSPS) is 20.9. The van der Waals surface area contributed by atoms with Crippen molar-refractivity contribution < 1.29 is 17.9 Å². The Hall–Kier alpha value is -1.39. The molecule has 5 nitrogen and oxygen atoms in total. The van der Waals surface area contributed by atoms with Crippen LogP contribution in [-0.4, -0.2) is 44.5 Å². The van der Waals surface area contributed by atoms with E-state index in [1.165, 1.54) is 25.0 Å². The molecule has 1 aliphatic heterocycles. The second-order valence-electron chi connectivity index (χ2n) is 6.11. The monoisotopic (exact) mass is 470 g/mol. The maximum Gasteiger partial charge on any atom is 0.573 e. The molecule has 2 N–H and O–H groups in total. The fourth-order valence-electron chi connectivity index (χ4n) is 2.78. The van der Waals surface area contributed by atoms with Gasteiger partial charge in [0.15, 0.2) is 5.96 Å². The number of halogens is 4. The molecular formula is C16H22F3IN4O. The Balaban J connectivity index is 0.00000225. The van der Waals surface area contributed by atoms with Crippen molar-refractivity contribution in [2.45, 2.75) is 37.7 Å². The van der Waals surface area contributed by atoms with Crippen LogP contribution in [0.5, 0.6) is 5.75 Å². The first kappa shape index (κ1) is 19.9. The van der Waals surface area contributed by atoms with E-state index in [1.54, 1.807) is 19.2 Å². The van der Waals surface area contributed by atoms with Gasteiger partial charge in [-0.15, -0.1) is 37.1 Å². The molecule has 0 bridgehead atoms. The highest BCUT2D eigenvalue weighted by atomic mass is 127. The van der Waals surface area contributed by atoms with Crippen LogP contribution in [0.3, 0.4) is 0 Å². The lowest BCUT2D eigenvalue weighted by atomic mass is 10.2. The van der Waals surface area contributed by atoms with E-state index in [0.717, 1.165) is 24.6 Å². The van der Waals surface area contributed by atoms with Crippen molar-refractivity contribution in [1.82, 2.24) is 10.6 Å². The summed E-state index contributed by atoms with van der Waals surface area (Å²) in [6.07, 6.45) is -1.43. The van der Waals surface area contributed by atoms with Gasteiger partial charge in [0, 0.05) is 44.0 Å². The Labute approximate surface area is 162 Å². The molecule has 0 spiro atoms. The zero-order chi connectivity index (χ0) is 17.2. The highest BCUT2D eigenvalue weighted by Crippen LogP contribution is 2.28. The molecule has 9 heteroatoms. The SMILES string of the molecule is CN=C(NC1CC1)NC1CCN(c2cccc(OC(F)(F)F)c2)C1.I. The summed E-state index contributed by atoms with van der Waals surface area (Å²) in [7, 11) is 1.74. The molecular weight excluding hydrogens is 448 g/mol. The fourth-order valence-corrected chi connectivity index (χ4v) is 2.78. The van der Waals surface area contributed by atoms with E-state index in [2.05, 4.69) is 20.4 Å². The number of hydrogen-bond acceptors (Lipinski definition) is 3. The third-order valence-electron chi connectivity index (χ3n) is 4.09. The van der Waals surface area contributed by atoms with Crippen LogP contribution in [0.25, 0.3) is 0 Å². The topological polar surface area (TPSA) is 48.9 Å². The van der Waals surface area contributed by atoms with Crippen molar-refractivity contribution in [3.8, 4) is 5.75 Å². The van der Waals surface area contributed by atoms with E-state index >= 15 is 0 Å². The smallest absolute Gasteiger partial charge is 0.406 e. The van der Waals surface area contributed by atoms with Crippen molar-refractivity contribution in [2.24, 2.45) is 4.99 Å². The highest BCUT2D eigenvalue weighted by molar-refractivity contribution is 14.0. The Bertz CT molecular complexity index is 607. The van der Waals surface area contributed by atoms with Gasteiger partial charge in [0.1, 0.15) is 5.75 Å². The van der Waals surface area contributed by atoms with Crippen molar-refractivity contribution >= 4 is 35.6 Å². The molecule has 1 saturated heterocycles. The Morgan fingerprint density at radius 1 is 1.20 bits per heavy atom. The minimum absolute atomic E-state index is 0. The van der Waals surface area contributed by atoms with E-state index < -0.39 is 6.36 Å². The Morgan fingerprint density at radius 2 is 1.92 bits per heavy atom. The lowest BCUT2D eigenvalue weighted by Crippen LogP contribution is -2.45. The zero-order valence-electron chi connectivity index (χ0n) is 13.8. The summed E-state index contributed by atoms with van der Waals surface area (Å²) in [4.78, 5) is 6.26. The number of alkyl halides is 3. The number of guanidine groups is 1. The maximum atomic E-state index is 12.3. The second kappa shape index (κ2) is 8.33. The molecule has 0 radical (unpaired) electrons. The molecule has 0 amide bonds. The van der Waals surface area contributed by atoms with Crippen molar-refractivity contribution in [2.75, 3.05) is 25.0 Å². The predicted octanol–water partition coefficient (Wildman–Crippen LogP) is 3.11. The first-order chi connectivity index (χ1) is 11.4. The number of ether oxygens (including phenoxy) is 1. The van der Waals surface area contributed by atoms with Crippen molar-refractivity contribution in [3.63, 3.8) is 0 Å². The molecule has 1 saturated carbocycles. The largest absolute Gasteiger partial charge is 0.573 e. The molecule has 1 aliphatic carbocycles. The van der Waals surface area contributed by atoms with E-state index in [1.807, 2.05) is 4.90 Å². The first-order valence-electron chi connectivity index (χ1n) is 8.03. The molecule has 25 heavy (non-hydrogen) atoms. The van der Waals surface area contributed by atoms with Crippen LogP contribution in [0, 0.1) is 0 Å². The van der Waals surface area contributed by atoms with Gasteiger partial charge >= 0.3 is 6.36 Å². The highest BCUT2D eigenvalue weighted by Gasteiger charge is 2.31. The molecule has 1 heterocycles. The average Bonchev–Trinajstić information content (AvgIpc) is 3.20. The summed E-state index contributed by atoms with van der Waals surface area (Å²) in [6.45, 7) is 1.48. The van der Waals surface area contributed by atoms with E-state index in [9.17, 15) is 13.2 Å². The van der Waals surface area contributed by atoms with E-state index in [-0.39, 0.29) is 35.8 Å². The molecule has 2 aliphatic rings. The molecule has 1 aromatic rings. The fraction of sp³-hybridized carbons (Fsp3) is 0.562. The van der Waals surface area contributed by atoms with Crippen LogP contribution < -0.4 is 20.3 Å². The quantitative estimate of drug-likeness (QED) is 0.404. The third-order valence-corrected chi connectivity index (χ3v) is 4.09. The Morgan fingerprint density at radius 3 is 2.56 bits per heavy atom. The number of rotatable bonds is 4. The van der Waals surface area contributed by atoms with Gasteiger partial charge in [-0.1, -0.05) is 6.07 Å². The van der Waals surface area contributed by atoms with Crippen LogP contribution in [0.4, 0.5) is 18.9 Å². The Kier molecular flexibility index (Phi) is 6.64. The summed E-state index contributed by atoms with van der Waals surface area (Å²) < 4.78 is 41.0. The lowest BCUT2D eigenvalue weighted by molar-refractivity contribution is -0.274. The van der Waals surface area contributed by atoms with Crippen LogP contribution in [-0.2, 0) is 0 Å². The van der Waals surface area contributed by atoms with Gasteiger partial charge in [0.05, 0.1) is 0 Å². The molecule has 0 aromatic heterocycles. The summed E-state index contributed by atoms with van der Waals surface area (Å²) >= 11 is 0. The second-order valence-corrected chi connectivity index (χ2v) is 6.11. The van der Waals surface area contributed by atoms with Gasteiger partial charge in [0.2, 0.25) is 0 Å². The summed E-state index contributed by atoms with van der Waals surface area (Å²) in [5.74, 6) is 0.598. The molecule has 3 rings (SSSR count). The van der Waals surface area contributed by atoms with Crippen LogP contribution >= 0.6 is 24.0 Å². The number of aliphatic imine (C=N–C) groups is 1. The number of nitrogens with zero attached hydrogens (tertiary/aromatic N) is 2. The molecule has 1 aromatic carbocycles. The third kappa shape index (κ3) is 6.12. The van der Waals surface area contributed by atoms with Crippen molar-refractivity contribution in [3.05, 3.63) is 24.3 Å². The zero-order valence-corrected chi connectivity index (χ0v) is 16.2. The van der Waals surface area contributed by atoms with Crippen LogP contribution in [0.15, 0.2) is 29.3 Å². The summed E-state index contributed by atoms with van der Waals surface area (Å²) in [6, 6.07) is 6.83. The van der Waals surface area contributed by atoms with Gasteiger partial charge in [-0.25, -0.2) is 0 Å². The molecule has 1 atom stereocenters. The van der Waals surface area contributed by atoms with Gasteiger partial charge in [-0.2, -0.15) is 0 Å². The summed E-state index contributed by atoms with van der Waals surface area (Å²) in [5.41, 5.74) is 0.728. The molecule has 2 fully saturated rings. The van der Waals surface area contributed by atoms with Gasteiger partial charge < -0.3 is 20.3 Å². The minimum Gasteiger partial charge on any atom is -0.406 e. The molecule has 1 unspecified atom stereocenters. The standard InChI is InChI=1S/C16H21F3N4O.HI/c1-20-15(21-11-5-6-11)22-12-7-8-23(10-12)13-3-2-4-14(9-13)24-16(17,18)19;/h2-4,9,11-12H,5-8,10H2,1H3,(H2,20,21,22);1H. The first-order valence-corrected chi connectivity index (χ1v) is 8.03. The number of nitrogens with one attached hydrogen (secondary N) is 2. The number of hydrogen-bond donors (Lipinski definition) is 2. The van der Waals surface area contributed by atoms with Crippen molar-refractivity contribution in [1.29, 1.82) is 0 Å². The number of anilines is 1. The lowest BCUT2D eigenvalue weighted by Gasteiger charge is -2.21. The van der Waals surface area contributed by atoms with E-state index in [4.69, 9.17) is 0 Å². The summed E-state index contributed by atoms with van der Waals surface area (Å²) in [5, 5.41) is 6.71. The van der Waals surface area contributed by atoms with Gasteiger partial charge in [-0.05, 0) is 31.4 Å². The minimum atomic E-state index is -4.67. The predicted molar refractivity (Wildman–Crippen MR) is 102 cm³/mol. The molecule has 140 valence electrons. The maximum absolute atomic E-state index is 12.3. The van der Waals surface area contributed by atoms with Crippen LogP contribution in [0.2, 0.25) is 0 Å². The van der Waals surface area contributed by atoms with E-state index in [0.29, 0.717) is 12.6 Å². The number of benzene rings is 1. The average molecular weight is 470 g/mol. The van der Waals surface area contributed by atoms with Gasteiger partial charge in [0.25, 0.3) is 0 Å².